The minimum atomic E-state index is -0.837. The lowest BCUT2D eigenvalue weighted by Gasteiger charge is -1.98. The molecule has 0 aromatic rings. The molecule has 0 saturated heterocycles. The Bertz CT molecular complexity index is 561. The van der Waals surface area contributed by atoms with Crippen LogP contribution in [0.15, 0.2) is 0 Å². The van der Waals surface area contributed by atoms with Crippen LogP contribution in [0.5, 0.6) is 0 Å². The monoisotopic (exact) mass is 292 g/mol. The van der Waals surface area contributed by atoms with Crippen molar-refractivity contribution in [3.63, 3.8) is 0 Å². The first-order chi connectivity index (χ1) is 10.9. The molecule has 6 aliphatic rings. The minimum Gasteiger partial charge on any atom is -0.466 e. The molecule has 1 N–H and O–H groups in total. The van der Waals surface area contributed by atoms with Gasteiger partial charge in [-0.05, 0) is 85.8 Å². The Labute approximate surface area is 129 Å². The third-order valence-electron chi connectivity index (χ3n) is 7.46. The van der Waals surface area contributed by atoms with Gasteiger partial charge in [0.25, 0.3) is 0 Å². The molecule has 6 aliphatic carbocycles. The Kier molecular flexibility index (Phi) is 1.84. The number of carbonyl (C=O) groups is 1. The van der Waals surface area contributed by atoms with Crippen molar-refractivity contribution in [3.8, 4) is 0 Å². The van der Waals surface area contributed by atoms with E-state index in [0.29, 0.717) is 17.4 Å². The molecule has 4 spiro atoms. The van der Waals surface area contributed by atoms with Crippen LogP contribution in [0.3, 0.4) is 0 Å². The first-order valence-corrected chi connectivity index (χ1v) is 8.65. The molecule has 0 atom stereocenters. The summed E-state index contributed by atoms with van der Waals surface area (Å²) in [5.41, 5.74) is 0.808. The second-order valence-corrected chi connectivity index (χ2v) is 8.06. The van der Waals surface area contributed by atoms with E-state index >= 15 is 0 Å². The van der Waals surface area contributed by atoms with E-state index in [-0.39, 0.29) is 29.3 Å². The van der Waals surface area contributed by atoms with Gasteiger partial charge in [0, 0.05) is 9.35 Å². The third kappa shape index (κ3) is 1.34. The summed E-state index contributed by atoms with van der Waals surface area (Å²) in [4.78, 5) is 11.6. The Balaban J connectivity index is 0.000000109. The number of aliphatic hydroxyl groups is 1. The van der Waals surface area contributed by atoms with Gasteiger partial charge >= 0.3 is 5.97 Å². The van der Waals surface area contributed by atoms with Gasteiger partial charge in [-0.25, -0.2) is 0 Å². The van der Waals surface area contributed by atoms with Crippen LogP contribution in [-0.2, 0) is 9.53 Å². The molecule has 3 heteroatoms. The number of esters is 1. The predicted molar refractivity (Wildman–Crippen MR) is 77.4 cm³/mol. The number of rotatable bonds is 3. The van der Waals surface area contributed by atoms with Crippen molar-refractivity contribution in [3.05, 3.63) is 0 Å². The van der Waals surface area contributed by atoms with E-state index in [1.807, 2.05) is 6.92 Å². The van der Waals surface area contributed by atoms with Gasteiger partial charge in [0.1, 0.15) is 0 Å². The molecule has 0 aliphatic heterocycles. The summed E-state index contributed by atoms with van der Waals surface area (Å²) in [5, 5.41) is 9.03. The van der Waals surface area contributed by atoms with Crippen LogP contribution >= 0.6 is 0 Å². The molecular weight excluding hydrogens is 264 g/mol. The third-order valence-corrected chi connectivity index (χ3v) is 7.46. The zero-order valence-electron chi connectivity index (χ0n) is 14.8. The van der Waals surface area contributed by atoms with Gasteiger partial charge in [-0.1, -0.05) is 0 Å². The van der Waals surface area contributed by atoms with E-state index in [2.05, 4.69) is 0 Å². The first-order valence-electron chi connectivity index (χ1n) is 9.65. The van der Waals surface area contributed by atoms with Crippen molar-refractivity contribution < 1.29 is 17.4 Å². The minimum absolute atomic E-state index is 0.0756. The van der Waals surface area contributed by atoms with Gasteiger partial charge in [0.15, 0.2) is 0 Å². The molecule has 6 saturated carbocycles. The van der Waals surface area contributed by atoms with Crippen molar-refractivity contribution in [2.75, 3.05) is 13.2 Å². The fraction of sp³-hybridized carbons (Fsp3) is 0.944. The lowest BCUT2D eigenvalue weighted by molar-refractivity contribution is -0.145. The largest absolute Gasteiger partial charge is 0.466 e. The van der Waals surface area contributed by atoms with Gasteiger partial charge in [-0.2, -0.15) is 0 Å². The Morgan fingerprint density at radius 3 is 1.71 bits per heavy atom. The van der Waals surface area contributed by atoms with Gasteiger partial charge in [-0.3, -0.25) is 4.79 Å². The Morgan fingerprint density at radius 2 is 1.48 bits per heavy atom. The second kappa shape index (κ2) is 3.50. The van der Waals surface area contributed by atoms with Crippen LogP contribution in [0.4, 0.5) is 0 Å². The first kappa shape index (κ1) is 11.0. The van der Waals surface area contributed by atoms with Gasteiger partial charge in [0.05, 0.1) is 12.5 Å². The lowest BCUT2D eigenvalue weighted by atomic mass is 10.3. The predicted octanol–water partition coefficient (Wildman–Crippen LogP) is 2.91. The van der Waals surface area contributed by atoms with Crippen LogP contribution in [0, 0.1) is 33.4 Å². The van der Waals surface area contributed by atoms with Crippen LogP contribution < -0.4 is 0 Å². The maximum absolute atomic E-state index is 11.6. The number of carbonyl (C=O) groups excluding carboxylic acids is 1. The lowest BCUT2D eigenvalue weighted by Crippen LogP contribution is -2.08. The number of fused-ring (bicyclic) bond motifs is 2. The highest BCUT2D eigenvalue weighted by Gasteiger charge is 2.89. The summed E-state index contributed by atoms with van der Waals surface area (Å²) in [6.45, 7) is 2.32. The van der Waals surface area contributed by atoms with Crippen LogP contribution in [0.1, 0.15) is 61.0 Å². The standard InChI is InChI=1S/C10H14O2.C8H12O/c1-2-12-8(11)7-9(3-4-9)10(7)5-6-10;9-5-6-7(1-2-7)8(6)3-4-8/h7H,2-6H2,1H3;6,9H,1-5H2/i7D;6D. The van der Waals surface area contributed by atoms with E-state index in [0.717, 1.165) is 25.7 Å². The summed E-state index contributed by atoms with van der Waals surface area (Å²) < 4.78 is 21.2. The average molecular weight is 292 g/mol. The fourth-order valence-corrected chi connectivity index (χ4v) is 5.77. The van der Waals surface area contributed by atoms with E-state index in [1.54, 1.807) is 0 Å². The number of ether oxygens (including phenoxy) is 1. The van der Waals surface area contributed by atoms with Gasteiger partial charge in [0.2, 0.25) is 0 Å². The van der Waals surface area contributed by atoms with E-state index in [1.165, 1.54) is 25.7 Å². The molecule has 6 fully saturated rings. The highest BCUT2D eigenvalue weighted by Crippen LogP contribution is 2.93. The molecule has 116 valence electrons. The SMILES string of the molecule is [2H]C1(C(=O)OCC)C2(CC2)C12CC2.[2H]C1(CO)C2(CC2)C12CC2. The quantitative estimate of drug-likeness (QED) is 0.814. The van der Waals surface area contributed by atoms with Gasteiger partial charge < -0.3 is 9.84 Å². The fourth-order valence-electron chi connectivity index (χ4n) is 5.77. The van der Waals surface area contributed by atoms with Crippen molar-refractivity contribution in [2.24, 2.45) is 33.4 Å². The summed E-state index contributed by atoms with van der Waals surface area (Å²) in [7, 11) is 0. The average Bonchev–Trinajstić information content (AvgIpc) is 3.39. The van der Waals surface area contributed by atoms with Crippen molar-refractivity contribution in [1.82, 2.24) is 0 Å². The highest BCUT2D eigenvalue weighted by molar-refractivity contribution is 5.81. The molecule has 0 unspecified atom stereocenters. The van der Waals surface area contributed by atoms with Crippen molar-refractivity contribution in [2.45, 2.75) is 58.3 Å². The molecule has 0 heterocycles. The highest BCUT2D eigenvalue weighted by atomic mass is 16.5. The van der Waals surface area contributed by atoms with Crippen molar-refractivity contribution >= 4 is 5.97 Å². The number of aliphatic hydroxyl groups excluding tert-OH is 1. The molecule has 0 amide bonds. The summed E-state index contributed by atoms with van der Waals surface area (Å²) >= 11 is 0. The number of hydrogen-bond donors (Lipinski definition) is 1. The molecule has 6 rings (SSSR count). The van der Waals surface area contributed by atoms with E-state index in [4.69, 9.17) is 12.6 Å². The topological polar surface area (TPSA) is 46.5 Å². The summed E-state index contributed by atoms with van der Waals surface area (Å²) in [6, 6.07) is 0. The summed E-state index contributed by atoms with van der Waals surface area (Å²) in [5.74, 6) is -1.49. The number of hydrogen-bond acceptors (Lipinski definition) is 3. The van der Waals surface area contributed by atoms with Crippen LogP contribution in [0.2, 0.25) is 0 Å². The zero-order valence-corrected chi connectivity index (χ0v) is 12.8. The van der Waals surface area contributed by atoms with Crippen LogP contribution in [-0.4, -0.2) is 24.3 Å². The maximum Gasteiger partial charge on any atom is 0.310 e. The smallest absolute Gasteiger partial charge is 0.310 e. The van der Waals surface area contributed by atoms with Crippen molar-refractivity contribution in [1.29, 1.82) is 0 Å². The van der Waals surface area contributed by atoms with Crippen LogP contribution in [0.25, 0.3) is 0 Å². The normalized spacial score (nSPS) is 48.9. The molecule has 21 heavy (non-hydrogen) atoms. The maximum atomic E-state index is 11.6. The molecule has 0 radical (unpaired) electrons. The van der Waals surface area contributed by atoms with E-state index < -0.39 is 5.89 Å². The second-order valence-electron chi connectivity index (χ2n) is 8.06. The van der Waals surface area contributed by atoms with E-state index in [9.17, 15) is 4.79 Å². The summed E-state index contributed by atoms with van der Waals surface area (Å²) in [6.07, 6.45) is 9.19. The molecule has 3 nitrogen and oxygen atoms in total. The molecular formula is C18H26O3. The molecule has 0 aromatic heterocycles. The molecule has 0 bridgehead atoms. The Hall–Kier alpha value is -0.570. The zero-order chi connectivity index (χ0) is 16.4. The molecule has 0 aromatic carbocycles. The Morgan fingerprint density at radius 1 is 1.05 bits per heavy atom. The van der Waals surface area contributed by atoms with Gasteiger partial charge in [-0.15, -0.1) is 0 Å².